The molecule has 0 radical (unpaired) electrons. The molecule has 1 heterocycles. The lowest BCUT2D eigenvalue weighted by Gasteiger charge is -2.03. The lowest BCUT2D eigenvalue weighted by atomic mass is 10.6. The lowest BCUT2D eigenvalue weighted by molar-refractivity contribution is 0.0796. The highest BCUT2D eigenvalue weighted by Gasteiger charge is 2.03. The van der Waals surface area contributed by atoms with Crippen LogP contribution in [0.2, 0.25) is 0 Å². The summed E-state index contributed by atoms with van der Waals surface area (Å²) in [6, 6.07) is 1.36. The molecule has 0 saturated carbocycles. The molecule has 66 valence electrons. The molecule has 0 aliphatic heterocycles. The molecule has 2 N–H and O–H groups in total. The SMILES string of the molecule is Nc1nccc(OCC(F)F)n1. The first-order chi connectivity index (χ1) is 5.68. The number of nitrogen functional groups attached to an aromatic ring is 1. The van der Waals surface area contributed by atoms with Crippen molar-refractivity contribution < 1.29 is 13.5 Å². The van der Waals surface area contributed by atoms with Crippen molar-refractivity contribution >= 4 is 5.95 Å². The Hall–Kier alpha value is -1.46. The number of anilines is 1. The van der Waals surface area contributed by atoms with Gasteiger partial charge in [-0.3, -0.25) is 0 Å². The Labute approximate surface area is 67.4 Å². The number of rotatable bonds is 3. The van der Waals surface area contributed by atoms with E-state index in [1.54, 1.807) is 0 Å². The van der Waals surface area contributed by atoms with Crippen molar-refractivity contribution in [3.63, 3.8) is 0 Å². The average molecular weight is 175 g/mol. The van der Waals surface area contributed by atoms with Gasteiger partial charge in [-0.05, 0) is 0 Å². The van der Waals surface area contributed by atoms with Gasteiger partial charge in [0.05, 0.1) is 0 Å². The summed E-state index contributed by atoms with van der Waals surface area (Å²) in [5.74, 6) is 0.0598. The zero-order valence-electron chi connectivity index (χ0n) is 6.08. The smallest absolute Gasteiger partial charge is 0.272 e. The minimum absolute atomic E-state index is 0.00164. The summed E-state index contributed by atoms with van der Waals surface area (Å²) in [7, 11) is 0. The van der Waals surface area contributed by atoms with E-state index in [0.29, 0.717) is 0 Å². The minimum atomic E-state index is -2.51. The van der Waals surface area contributed by atoms with E-state index >= 15 is 0 Å². The first kappa shape index (κ1) is 8.63. The standard InChI is InChI=1S/C6H7F2N3O/c7-4(8)3-12-5-1-2-10-6(9)11-5/h1-2,4H,3H2,(H2,9,10,11). The van der Waals surface area contributed by atoms with Crippen molar-refractivity contribution in [2.24, 2.45) is 0 Å². The molecule has 0 aliphatic carbocycles. The van der Waals surface area contributed by atoms with Gasteiger partial charge in [0.1, 0.15) is 0 Å². The number of hydrogen-bond acceptors (Lipinski definition) is 4. The molecule has 0 unspecified atom stereocenters. The Morgan fingerprint density at radius 2 is 2.33 bits per heavy atom. The number of halogens is 2. The van der Waals surface area contributed by atoms with Crippen LogP contribution in [0.25, 0.3) is 0 Å². The second kappa shape index (κ2) is 3.80. The summed E-state index contributed by atoms with van der Waals surface area (Å²) in [5, 5.41) is 0. The predicted octanol–water partition coefficient (Wildman–Crippen LogP) is 0.703. The molecule has 0 aromatic carbocycles. The maximum Gasteiger partial charge on any atom is 0.272 e. The predicted molar refractivity (Wildman–Crippen MR) is 37.9 cm³/mol. The van der Waals surface area contributed by atoms with E-state index in [2.05, 4.69) is 14.7 Å². The summed E-state index contributed by atoms with van der Waals surface area (Å²) in [6.07, 6.45) is -1.18. The molecule has 12 heavy (non-hydrogen) atoms. The van der Waals surface area contributed by atoms with Crippen molar-refractivity contribution in [3.8, 4) is 5.88 Å². The van der Waals surface area contributed by atoms with E-state index in [9.17, 15) is 8.78 Å². The van der Waals surface area contributed by atoms with Crippen molar-refractivity contribution in [1.29, 1.82) is 0 Å². The molecule has 0 spiro atoms. The molecule has 4 nitrogen and oxygen atoms in total. The number of hydrogen-bond donors (Lipinski definition) is 1. The molecule has 1 aromatic heterocycles. The molecular formula is C6H7F2N3O. The van der Waals surface area contributed by atoms with E-state index in [0.717, 1.165) is 0 Å². The number of nitrogens with two attached hydrogens (primary N) is 1. The summed E-state index contributed by atoms with van der Waals surface area (Å²) < 4.78 is 27.8. The topological polar surface area (TPSA) is 61.0 Å². The van der Waals surface area contributed by atoms with Gasteiger partial charge in [0.25, 0.3) is 6.43 Å². The van der Waals surface area contributed by atoms with E-state index < -0.39 is 13.0 Å². The molecule has 0 saturated heterocycles. The highest BCUT2D eigenvalue weighted by atomic mass is 19.3. The Morgan fingerprint density at radius 3 is 2.92 bits per heavy atom. The quantitative estimate of drug-likeness (QED) is 0.734. The summed E-state index contributed by atoms with van der Waals surface area (Å²) >= 11 is 0. The van der Waals surface area contributed by atoms with E-state index in [4.69, 9.17) is 5.73 Å². The van der Waals surface area contributed by atoms with E-state index in [1.165, 1.54) is 12.3 Å². The van der Waals surface area contributed by atoms with Crippen LogP contribution in [-0.4, -0.2) is 23.0 Å². The van der Waals surface area contributed by atoms with Crippen LogP contribution < -0.4 is 10.5 Å². The zero-order chi connectivity index (χ0) is 8.97. The van der Waals surface area contributed by atoms with Crippen LogP contribution in [0.5, 0.6) is 5.88 Å². The summed E-state index contributed by atoms with van der Waals surface area (Å²) in [5.41, 5.74) is 5.18. The third-order valence-electron chi connectivity index (χ3n) is 1.01. The fraction of sp³-hybridized carbons (Fsp3) is 0.333. The Morgan fingerprint density at radius 1 is 1.58 bits per heavy atom. The van der Waals surface area contributed by atoms with Gasteiger partial charge in [0, 0.05) is 12.3 Å². The van der Waals surface area contributed by atoms with Gasteiger partial charge in [-0.2, -0.15) is 4.98 Å². The molecule has 1 rings (SSSR count). The highest BCUT2D eigenvalue weighted by Crippen LogP contribution is 2.06. The van der Waals surface area contributed by atoms with Gasteiger partial charge in [-0.1, -0.05) is 0 Å². The second-order valence-corrected chi connectivity index (χ2v) is 1.96. The molecule has 0 fully saturated rings. The van der Waals surface area contributed by atoms with Crippen LogP contribution in [-0.2, 0) is 0 Å². The van der Waals surface area contributed by atoms with E-state index in [1.807, 2.05) is 0 Å². The second-order valence-electron chi connectivity index (χ2n) is 1.96. The van der Waals surface area contributed by atoms with Crippen molar-refractivity contribution in [3.05, 3.63) is 12.3 Å². The Kier molecular flexibility index (Phi) is 2.73. The van der Waals surface area contributed by atoms with Gasteiger partial charge in [-0.15, -0.1) is 0 Å². The lowest BCUT2D eigenvalue weighted by Crippen LogP contribution is -2.08. The molecular weight excluding hydrogens is 168 g/mol. The van der Waals surface area contributed by atoms with Gasteiger partial charge in [0.2, 0.25) is 11.8 Å². The maximum absolute atomic E-state index is 11.6. The van der Waals surface area contributed by atoms with Crippen LogP contribution in [0.15, 0.2) is 12.3 Å². The maximum atomic E-state index is 11.6. The number of alkyl halides is 2. The average Bonchev–Trinajstić information content (AvgIpc) is 2.01. The molecule has 0 atom stereocenters. The Balaban J connectivity index is 2.52. The molecule has 1 aromatic rings. The largest absolute Gasteiger partial charge is 0.471 e. The minimum Gasteiger partial charge on any atom is -0.471 e. The molecule has 0 bridgehead atoms. The number of aromatic nitrogens is 2. The first-order valence-corrected chi connectivity index (χ1v) is 3.18. The molecule has 6 heteroatoms. The van der Waals surface area contributed by atoms with Crippen LogP contribution in [0.3, 0.4) is 0 Å². The van der Waals surface area contributed by atoms with E-state index in [-0.39, 0.29) is 11.8 Å². The van der Waals surface area contributed by atoms with Gasteiger partial charge < -0.3 is 10.5 Å². The molecule has 0 aliphatic rings. The first-order valence-electron chi connectivity index (χ1n) is 3.18. The van der Waals surface area contributed by atoms with Crippen molar-refractivity contribution in [2.75, 3.05) is 12.3 Å². The monoisotopic (exact) mass is 175 g/mol. The molecule has 0 amide bonds. The summed E-state index contributed by atoms with van der Waals surface area (Å²) in [4.78, 5) is 7.12. The van der Waals surface area contributed by atoms with Gasteiger partial charge in [-0.25, -0.2) is 13.8 Å². The zero-order valence-corrected chi connectivity index (χ0v) is 6.08. The fourth-order valence-corrected chi connectivity index (χ4v) is 0.585. The third kappa shape index (κ3) is 2.65. The fourth-order valence-electron chi connectivity index (χ4n) is 0.585. The highest BCUT2D eigenvalue weighted by molar-refractivity contribution is 5.20. The van der Waals surface area contributed by atoms with Crippen molar-refractivity contribution in [1.82, 2.24) is 9.97 Å². The van der Waals surface area contributed by atoms with Gasteiger partial charge in [0.15, 0.2) is 6.61 Å². The van der Waals surface area contributed by atoms with Crippen LogP contribution in [0.4, 0.5) is 14.7 Å². The van der Waals surface area contributed by atoms with Crippen LogP contribution in [0, 0.1) is 0 Å². The normalized spacial score (nSPS) is 10.2. The number of nitrogens with zero attached hydrogens (tertiary/aromatic N) is 2. The van der Waals surface area contributed by atoms with Gasteiger partial charge >= 0.3 is 0 Å². The van der Waals surface area contributed by atoms with Crippen LogP contribution >= 0.6 is 0 Å². The number of ether oxygens (including phenoxy) is 1. The van der Waals surface area contributed by atoms with Crippen LogP contribution in [0.1, 0.15) is 0 Å². The Bertz CT molecular complexity index is 256. The third-order valence-corrected chi connectivity index (χ3v) is 1.01. The summed E-state index contributed by atoms with van der Waals surface area (Å²) in [6.45, 7) is -0.684. The van der Waals surface area contributed by atoms with Crippen molar-refractivity contribution in [2.45, 2.75) is 6.43 Å².